The van der Waals surface area contributed by atoms with Gasteiger partial charge in [-0.15, -0.1) is 0 Å². The second-order valence-corrected chi connectivity index (χ2v) is 6.09. The Kier molecular flexibility index (Phi) is 5.25. The fourth-order valence-corrected chi connectivity index (χ4v) is 2.88. The average molecular weight is 309 g/mol. The Hall–Kier alpha value is -1.53. The van der Waals surface area contributed by atoms with Crippen LogP contribution >= 0.6 is 0 Å². The minimum absolute atomic E-state index is 0.0995. The van der Waals surface area contributed by atoms with Gasteiger partial charge in [0.1, 0.15) is 11.1 Å². The molecular formula is C15H19NO4S. The Labute approximate surface area is 126 Å². The van der Waals surface area contributed by atoms with Gasteiger partial charge in [-0.2, -0.15) is 0 Å². The monoisotopic (exact) mass is 309 g/mol. The molecule has 0 radical (unpaired) electrons. The number of benzene rings is 1. The molecule has 5 nitrogen and oxygen atoms in total. The van der Waals surface area contributed by atoms with Gasteiger partial charge in [0.25, 0.3) is 11.8 Å². The summed E-state index contributed by atoms with van der Waals surface area (Å²) in [5, 5.41) is 0. The number of nitrogens with zero attached hydrogens (tertiary/aromatic N) is 1. The van der Waals surface area contributed by atoms with Crippen molar-refractivity contribution in [2.75, 3.05) is 6.26 Å². The van der Waals surface area contributed by atoms with Crippen molar-refractivity contribution in [2.24, 2.45) is 0 Å². The molecule has 1 unspecified atom stereocenters. The standard InChI is InChI=1S/C14H15NO2.CH4O2S/c16-13-11-8-4-5-9-12(11)14(17)15(13)10-6-2-1-3-7-10;1-4(2)3/h4-5,8-10H,1-3,6-7H2;1H3,(H,2,3). The molecule has 1 heterocycles. The first-order valence-electron chi connectivity index (χ1n) is 7.01. The number of imide groups is 1. The van der Waals surface area contributed by atoms with E-state index in [1.165, 1.54) is 17.6 Å². The summed E-state index contributed by atoms with van der Waals surface area (Å²) < 4.78 is 16.6. The van der Waals surface area contributed by atoms with Gasteiger partial charge in [0, 0.05) is 12.3 Å². The van der Waals surface area contributed by atoms with E-state index < -0.39 is 11.1 Å². The summed E-state index contributed by atoms with van der Waals surface area (Å²) in [4.78, 5) is 25.9. The van der Waals surface area contributed by atoms with Crippen LogP contribution in [0, 0.1) is 0 Å². The Balaban J connectivity index is 0.000000361. The third-order valence-corrected chi connectivity index (χ3v) is 3.77. The maximum absolute atomic E-state index is 12.2. The molecule has 0 bridgehead atoms. The van der Waals surface area contributed by atoms with Crippen LogP contribution in [-0.4, -0.2) is 37.8 Å². The molecule has 6 heteroatoms. The highest BCUT2D eigenvalue weighted by Gasteiger charge is 2.39. The van der Waals surface area contributed by atoms with E-state index in [4.69, 9.17) is 8.76 Å². The first kappa shape index (κ1) is 15.9. The normalized spacial score (nSPS) is 19.8. The first-order chi connectivity index (χ1) is 10.0. The van der Waals surface area contributed by atoms with Gasteiger partial charge >= 0.3 is 0 Å². The Morgan fingerprint density at radius 1 is 1.05 bits per heavy atom. The highest BCUT2D eigenvalue weighted by molar-refractivity contribution is 7.78. The molecule has 1 atom stereocenters. The number of amides is 2. The van der Waals surface area contributed by atoms with E-state index in [0.717, 1.165) is 25.7 Å². The van der Waals surface area contributed by atoms with Crippen LogP contribution in [0.4, 0.5) is 0 Å². The lowest BCUT2D eigenvalue weighted by molar-refractivity contribution is 0.0549. The van der Waals surface area contributed by atoms with E-state index in [-0.39, 0.29) is 17.9 Å². The lowest BCUT2D eigenvalue weighted by Gasteiger charge is -2.29. The zero-order valence-electron chi connectivity index (χ0n) is 11.9. The summed E-state index contributed by atoms with van der Waals surface area (Å²) in [5.74, 6) is -0.199. The van der Waals surface area contributed by atoms with Crippen LogP contribution in [-0.2, 0) is 11.1 Å². The maximum atomic E-state index is 12.2. The van der Waals surface area contributed by atoms with E-state index in [1.807, 2.05) is 12.1 Å². The summed E-state index contributed by atoms with van der Waals surface area (Å²) >= 11 is -1.61. The highest BCUT2D eigenvalue weighted by Crippen LogP contribution is 2.30. The minimum Gasteiger partial charge on any atom is -0.306 e. The van der Waals surface area contributed by atoms with Crippen molar-refractivity contribution in [2.45, 2.75) is 38.1 Å². The first-order valence-corrected chi connectivity index (χ1v) is 8.53. The topological polar surface area (TPSA) is 74.7 Å². The summed E-state index contributed by atoms with van der Waals surface area (Å²) in [5.41, 5.74) is 1.14. The smallest absolute Gasteiger partial charge is 0.261 e. The fourth-order valence-electron chi connectivity index (χ4n) is 2.88. The second kappa shape index (κ2) is 6.95. The van der Waals surface area contributed by atoms with Crippen molar-refractivity contribution in [1.82, 2.24) is 4.90 Å². The average Bonchev–Trinajstić information content (AvgIpc) is 2.72. The van der Waals surface area contributed by atoms with Gasteiger partial charge in [-0.3, -0.25) is 14.5 Å². The molecular weight excluding hydrogens is 290 g/mol. The molecule has 2 amide bonds. The van der Waals surface area contributed by atoms with Crippen LogP contribution in [0.1, 0.15) is 52.8 Å². The number of rotatable bonds is 1. The van der Waals surface area contributed by atoms with Gasteiger partial charge in [0.05, 0.1) is 11.1 Å². The van der Waals surface area contributed by atoms with Crippen LogP contribution in [0.5, 0.6) is 0 Å². The van der Waals surface area contributed by atoms with E-state index in [9.17, 15) is 9.59 Å². The molecule has 1 aliphatic carbocycles. The van der Waals surface area contributed by atoms with Crippen molar-refractivity contribution in [1.29, 1.82) is 0 Å². The van der Waals surface area contributed by atoms with Crippen molar-refractivity contribution >= 4 is 22.9 Å². The minimum atomic E-state index is -1.61. The van der Waals surface area contributed by atoms with Gasteiger partial charge in [-0.05, 0) is 25.0 Å². The Morgan fingerprint density at radius 2 is 1.48 bits per heavy atom. The van der Waals surface area contributed by atoms with Crippen LogP contribution < -0.4 is 0 Å². The van der Waals surface area contributed by atoms with Crippen LogP contribution in [0.2, 0.25) is 0 Å². The zero-order chi connectivity index (χ0) is 15.4. The molecule has 0 aromatic heterocycles. The van der Waals surface area contributed by atoms with Crippen molar-refractivity contribution in [3.05, 3.63) is 35.4 Å². The Morgan fingerprint density at radius 3 is 1.90 bits per heavy atom. The Bertz CT molecular complexity index is 528. The van der Waals surface area contributed by atoms with Gasteiger partial charge in [-0.1, -0.05) is 31.4 Å². The number of hydrogen-bond acceptors (Lipinski definition) is 3. The molecule has 1 aromatic carbocycles. The number of fused-ring (bicyclic) bond motifs is 1. The lowest BCUT2D eigenvalue weighted by atomic mass is 9.94. The number of carbonyl (C=O) groups excluding carboxylic acids is 2. The van der Waals surface area contributed by atoms with Gasteiger partial charge in [0.2, 0.25) is 0 Å². The van der Waals surface area contributed by atoms with E-state index >= 15 is 0 Å². The summed E-state index contributed by atoms with van der Waals surface area (Å²) in [6.07, 6.45) is 6.59. The maximum Gasteiger partial charge on any atom is 0.261 e. The molecule has 114 valence electrons. The molecule has 3 rings (SSSR count). The number of carbonyl (C=O) groups is 2. The fraction of sp³-hybridized carbons (Fsp3) is 0.467. The summed E-state index contributed by atoms with van der Waals surface area (Å²) in [6, 6.07) is 7.25. The van der Waals surface area contributed by atoms with Crippen LogP contribution in [0.15, 0.2) is 24.3 Å². The second-order valence-electron chi connectivity index (χ2n) is 5.24. The molecule has 1 N–H and O–H groups in total. The van der Waals surface area contributed by atoms with Gasteiger partial charge in [-0.25, -0.2) is 4.21 Å². The molecule has 1 aromatic rings. The molecule has 1 saturated carbocycles. The molecule has 21 heavy (non-hydrogen) atoms. The van der Waals surface area contributed by atoms with E-state index in [0.29, 0.717) is 11.1 Å². The molecule has 0 spiro atoms. The third-order valence-electron chi connectivity index (χ3n) is 3.77. The summed E-state index contributed by atoms with van der Waals surface area (Å²) in [6.45, 7) is 0. The lowest BCUT2D eigenvalue weighted by Crippen LogP contribution is -2.40. The van der Waals surface area contributed by atoms with Gasteiger partial charge in [0.15, 0.2) is 0 Å². The van der Waals surface area contributed by atoms with Crippen LogP contribution in [0.3, 0.4) is 0 Å². The highest BCUT2D eigenvalue weighted by atomic mass is 32.2. The zero-order valence-corrected chi connectivity index (χ0v) is 12.8. The van der Waals surface area contributed by atoms with E-state index in [2.05, 4.69) is 0 Å². The van der Waals surface area contributed by atoms with Gasteiger partial charge < -0.3 is 4.55 Å². The van der Waals surface area contributed by atoms with Crippen LogP contribution in [0.25, 0.3) is 0 Å². The number of hydrogen-bond donors (Lipinski definition) is 1. The quantitative estimate of drug-likeness (QED) is 0.639. The SMILES string of the molecule is CS(=O)O.O=C1c2ccccc2C(=O)N1C1CCCCC1. The van der Waals surface area contributed by atoms with Crippen molar-refractivity contribution < 1.29 is 18.4 Å². The van der Waals surface area contributed by atoms with E-state index in [1.54, 1.807) is 12.1 Å². The molecule has 1 fully saturated rings. The predicted octanol–water partition coefficient (Wildman–Crippen LogP) is 2.45. The largest absolute Gasteiger partial charge is 0.306 e. The summed E-state index contributed by atoms with van der Waals surface area (Å²) in [7, 11) is 0. The third kappa shape index (κ3) is 3.57. The molecule has 0 saturated heterocycles. The molecule has 2 aliphatic rings. The molecule has 1 aliphatic heterocycles. The van der Waals surface area contributed by atoms with Crippen molar-refractivity contribution in [3.8, 4) is 0 Å². The predicted molar refractivity (Wildman–Crippen MR) is 80.5 cm³/mol. The van der Waals surface area contributed by atoms with Crippen molar-refractivity contribution in [3.63, 3.8) is 0 Å².